The van der Waals surface area contributed by atoms with Gasteiger partial charge in [0.15, 0.2) is 0 Å². The van der Waals surface area contributed by atoms with Gasteiger partial charge in [0.25, 0.3) is 0 Å². The first-order chi connectivity index (χ1) is 6.31. The molecule has 0 aliphatic rings. The van der Waals surface area contributed by atoms with Gasteiger partial charge in [0.1, 0.15) is 0 Å². The molecule has 84 valence electrons. The summed E-state index contributed by atoms with van der Waals surface area (Å²) in [4.78, 5) is 11.8. The van der Waals surface area contributed by atoms with Crippen molar-refractivity contribution < 1.29 is 4.79 Å². The van der Waals surface area contributed by atoms with Crippen molar-refractivity contribution in [2.75, 3.05) is 6.54 Å². The van der Waals surface area contributed by atoms with Crippen LogP contribution in [0.4, 0.5) is 0 Å². The van der Waals surface area contributed by atoms with Crippen LogP contribution in [0.25, 0.3) is 0 Å². The van der Waals surface area contributed by atoms with E-state index < -0.39 is 0 Å². The van der Waals surface area contributed by atoms with Crippen LogP contribution < -0.4 is 11.1 Å². The molecule has 3 N–H and O–H groups in total. The molecule has 0 aliphatic heterocycles. The Morgan fingerprint density at radius 3 is 1.86 bits per heavy atom. The maximum atomic E-state index is 11.8. The van der Waals surface area contributed by atoms with E-state index in [-0.39, 0.29) is 16.9 Å². The van der Waals surface area contributed by atoms with E-state index in [2.05, 4.69) is 19.2 Å². The van der Waals surface area contributed by atoms with Gasteiger partial charge < -0.3 is 11.1 Å². The fourth-order valence-electron chi connectivity index (χ4n) is 1.19. The summed E-state index contributed by atoms with van der Waals surface area (Å²) in [7, 11) is 0. The fraction of sp³-hybridized carbons (Fsp3) is 0.909. The molecule has 0 aromatic rings. The molecule has 0 unspecified atom stereocenters. The van der Waals surface area contributed by atoms with Crippen LogP contribution in [-0.2, 0) is 4.79 Å². The highest BCUT2D eigenvalue weighted by Gasteiger charge is 2.31. The lowest BCUT2D eigenvalue weighted by atomic mass is 9.89. The van der Waals surface area contributed by atoms with Crippen LogP contribution in [0.2, 0.25) is 0 Å². The molecule has 3 nitrogen and oxygen atoms in total. The van der Waals surface area contributed by atoms with Crippen LogP contribution in [0, 0.1) is 5.41 Å². The Balaban J connectivity index is 4.54. The fourth-order valence-corrected chi connectivity index (χ4v) is 1.19. The summed E-state index contributed by atoms with van der Waals surface area (Å²) in [5.74, 6) is 0.0756. The number of hydrogen-bond acceptors (Lipinski definition) is 2. The van der Waals surface area contributed by atoms with Crippen LogP contribution in [0.3, 0.4) is 0 Å². The molecule has 0 saturated carbocycles. The van der Waals surface area contributed by atoms with Crippen LogP contribution in [-0.4, -0.2) is 18.0 Å². The Kier molecular flexibility index (Phi) is 4.59. The second-order valence-corrected chi connectivity index (χ2v) is 4.90. The van der Waals surface area contributed by atoms with Gasteiger partial charge in [0.05, 0.1) is 5.54 Å². The lowest BCUT2D eigenvalue weighted by Crippen LogP contribution is -2.55. The minimum absolute atomic E-state index is 0.0756. The van der Waals surface area contributed by atoms with Crippen LogP contribution in [0.15, 0.2) is 0 Å². The average molecular weight is 200 g/mol. The van der Waals surface area contributed by atoms with E-state index in [0.29, 0.717) is 6.54 Å². The van der Waals surface area contributed by atoms with Crippen molar-refractivity contribution in [3.05, 3.63) is 0 Å². The van der Waals surface area contributed by atoms with Gasteiger partial charge in [-0.1, -0.05) is 34.6 Å². The molecule has 0 aromatic carbocycles. The predicted molar refractivity (Wildman–Crippen MR) is 60.0 cm³/mol. The second-order valence-electron chi connectivity index (χ2n) is 4.90. The van der Waals surface area contributed by atoms with E-state index >= 15 is 0 Å². The molecule has 0 aliphatic carbocycles. The van der Waals surface area contributed by atoms with Crippen LogP contribution >= 0.6 is 0 Å². The topological polar surface area (TPSA) is 55.1 Å². The molecule has 0 atom stereocenters. The van der Waals surface area contributed by atoms with Crippen molar-refractivity contribution in [1.82, 2.24) is 5.32 Å². The zero-order chi connectivity index (χ0) is 11.4. The highest BCUT2D eigenvalue weighted by molar-refractivity contribution is 5.82. The number of nitrogens with two attached hydrogens (primary N) is 1. The first-order valence-electron chi connectivity index (χ1n) is 5.34. The standard InChI is InChI=1S/C11H24N2O/c1-6-11(7-2,8-12)13-9(14)10(3,4)5/h6-8,12H2,1-5H3,(H,13,14). The number of nitrogens with one attached hydrogen (secondary N) is 1. The maximum absolute atomic E-state index is 11.8. The summed E-state index contributed by atoms with van der Waals surface area (Å²) >= 11 is 0. The summed E-state index contributed by atoms with van der Waals surface area (Å²) < 4.78 is 0. The Morgan fingerprint density at radius 1 is 1.21 bits per heavy atom. The van der Waals surface area contributed by atoms with Crippen molar-refractivity contribution in [2.45, 2.75) is 53.0 Å². The summed E-state index contributed by atoms with van der Waals surface area (Å²) in [6.07, 6.45) is 1.75. The van der Waals surface area contributed by atoms with E-state index in [0.717, 1.165) is 12.8 Å². The number of carbonyl (C=O) groups is 1. The molecule has 0 saturated heterocycles. The van der Waals surface area contributed by atoms with Gasteiger partial charge in [-0.25, -0.2) is 0 Å². The van der Waals surface area contributed by atoms with E-state index in [1.165, 1.54) is 0 Å². The summed E-state index contributed by atoms with van der Waals surface area (Å²) in [6, 6.07) is 0. The number of rotatable bonds is 4. The van der Waals surface area contributed by atoms with Crippen molar-refractivity contribution in [2.24, 2.45) is 11.1 Å². The third kappa shape index (κ3) is 3.29. The van der Waals surface area contributed by atoms with E-state index in [1.807, 2.05) is 20.8 Å². The molecule has 1 amide bonds. The zero-order valence-corrected chi connectivity index (χ0v) is 10.1. The molecule has 0 aromatic heterocycles. The molecule has 0 radical (unpaired) electrons. The monoisotopic (exact) mass is 200 g/mol. The van der Waals surface area contributed by atoms with Crippen molar-refractivity contribution in [3.8, 4) is 0 Å². The quantitative estimate of drug-likeness (QED) is 0.725. The van der Waals surface area contributed by atoms with Gasteiger partial charge in [0.2, 0.25) is 5.91 Å². The highest BCUT2D eigenvalue weighted by atomic mass is 16.2. The van der Waals surface area contributed by atoms with E-state index in [1.54, 1.807) is 0 Å². The Hall–Kier alpha value is -0.570. The predicted octanol–water partition coefficient (Wildman–Crippen LogP) is 1.67. The first-order valence-corrected chi connectivity index (χ1v) is 5.34. The van der Waals surface area contributed by atoms with Crippen molar-refractivity contribution >= 4 is 5.91 Å². The molecule has 0 heterocycles. The molecular weight excluding hydrogens is 176 g/mol. The van der Waals surface area contributed by atoms with Gasteiger partial charge in [-0.05, 0) is 12.8 Å². The van der Waals surface area contributed by atoms with Gasteiger partial charge in [0, 0.05) is 12.0 Å². The Bertz CT molecular complexity index is 182. The summed E-state index contributed by atoms with van der Waals surface area (Å²) in [5.41, 5.74) is 5.15. The van der Waals surface area contributed by atoms with E-state index in [4.69, 9.17) is 5.73 Å². The third-order valence-electron chi connectivity index (χ3n) is 2.80. The van der Waals surface area contributed by atoms with Crippen LogP contribution in [0.1, 0.15) is 47.5 Å². The Labute approximate surface area is 87.4 Å². The molecule has 14 heavy (non-hydrogen) atoms. The molecule has 0 bridgehead atoms. The molecule has 0 fully saturated rings. The molecule has 0 rings (SSSR count). The summed E-state index contributed by atoms with van der Waals surface area (Å²) in [5, 5.41) is 3.06. The van der Waals surface area contributed by atoms with Gasteiger partial charge in [-0.15, -0.1) is 0 Å². The minimum Gasteiger partial charge on any atom is -0.349 e. The van der Waals surface area contributed by atoms with Gasteiger partial charge >= 0.3 is 0 Å². The second kappa shape index (κ2) is 4.78. The zero-order valence-electron chi connectivity index (χ0n) is 10.1. The number of hydrogen-bond donors (Lipinski definition) is 2. The SMILES string of the molecule is CCC(CC)(CN)NC(=O)C(C)(C)C. The molecule has 0 spiro atoms. The van der Waals surface area contributed by atoms with Gasteiger partial charge in [-0.3, -0.25) is 4.79 Å². The normalized spacial score (nSPS) is 12.7. The molecular formula is C11H24N2O. The number of carbonyl (C=O) groups excluding carboxylic acids is 1. The smallest absolute Gasteiger partial charge is 0.225 e. The van der Waals surface area contributed by atoms with Gasteiger partial charge in [-0.2, -0.15) is 0 Å². The first kappa shape index (κ1) is 13.4. The highest BCUT2D eigenvalue weighted by Crippen LogP contribution is 2.19. The molecule has 3 heteroatoms. The maximum Gasteiger partial charge on any atom is 0.225 e. The van der Waals surface area contributed by atoms with Crippen molar-refractivity contribution in [3.63, 3.8) is 0 Å². The van der Waals surface area contributed by atoms with Crippen molar-refractivity contribution in [1.29, 1.82) is 0 Å². The van der Waals surface area contributed by atoms with Crippen LogP contribution in [0.5, 0.6) is 0 Å². The summed E-state index contributed by atoms with van der Waals surface area (Å²) in [6.45, 7) is 10.3. The third-order valence-corrected chi connectivity index (χ3v) is 2.80. The Morgan fingerprint density at radius 2 is 1.64 bits per heavy atom. The lowest BCUT2D eigenvalue weighted by Gasteiger charge is -2.34. The van der Waals surface area contributed by atoms with E-state index in [9.17, 15) is 4.79 Å². The lowest BCUT2D eigenvalue weighted by molar-refractivity contribution is -0.130. The minimum atomic E-state index is -0.342. The average Bonchev–Trinajstić information content (AvgIpc) is 2.12. The number of amides is 1. The largest absolute Gasteiger partial charge is 0.349 e.